The van der Waals surface area contributed by atoms with Crippen molar-refractivity contribution in [1.82, 2.24) is 10.0 Å². The highest BCUT2D eigenvalue weighted by Crippen LogP contribution is 2.29. The van der Waals surface area contributed by atoms with Gasteiger partial charge in [-0.2, -0.15) is 17.9 Å². The van der Waals surface area contributed by atoms with E-state index in [1.165, 1.54) is 31.2 Å². The van der Waals surface area contributed by atoms with Crippen LogP contribution in [0.1, 0.15) is 23.6 Å². The first kappa shape index (κ1) is 22.5. The van der Waals surface area contributed by atoms with Gasteiger partial charge in [-0.15, -0.1) is 0 Å². The second-order valence-electron chi connectivity index (χ2n) is 6.25. The van der Waals surface area contributed by atoms with Crippen LogP contribution in [0, 0.1) is 18.8 Å². The van der Waals surface area contributed by atoms with Gasteiger partial charge in [-0.1, -0.05) is 35.6 Å². The van der Waals surface area contributed by atoms with Gasteiger partial charge in [0.25, 0.3) is 0 Å². The lowest BCUT2D eigenvalue weighted by molar-refractivity contribution is -0.137. The molecule has 0 aliphatic carbocycles. The number of sulfonamides is 1. The van der Waals surface area contributed by atoms with E-state index in [9.17, 15) is 26.4 Å². The smallest absolute Gasteiger partial charge is 0.344 e. The second-order valence-corrected chi connectivity index (χ2v) is 7.97. The van der Waals surface area contributed by atoms with Crippen LogP contribution in [0.5, 0.6) is 0 Å². The Kier molecular flexibility index (Phi) is 7.06. The minimum atomic E-state index is -4.46. The van der Waals surface area contributed by atoms with E-state index >= 15 is 0 Å². The molecule has 0 saturated carbocycles. The lowest BCUT2D eigenvalue weighted by atomic mass is 10.1. The number of halogens is 3. The topological polar surface area (TPSA) is 75.3 Å². The maximum absolute atomic E-state index is 12.7. The number of carbonyl (C=O) groups excluding carboxylic acids is 1. The average Bonchev–Trinajstić information content (AvgIpc) is 2.64. The van der Waals surface area contributed by atoms with Crippen molar-refractivity contribution in [3.05, 3.63) is 65.2 Å². The van der Waals surface area contributed by atoms with Crippen LogP contribution in [0.25, 0.3) is 0 Å². The molecule has 2 rings (SSSR count). The van der Waals surface area contributed by atoms with Crippen molar-refractivity contribution >= 4 is 15.9 Å². The van der Waals surface area contributed by atoms with Crippen LogP contribution in [0.2, 0.25) is 0 Å². The van der Waals surface area contributed by atoms with Gasteiger partial charge in [0.05, 0.1) is 23.0 Å². The Labute approximate surface area is 167 Å². The minimum Gasteiger partial charge on any atom is -0.344 e. The van der Waals surface area contributed by atoms with Crippen LogP contribution in [0.3, 0.4) is 0 Å². The molecular weight excluding hydrogens is 405 g/mol. The lowest BCUT2D eigenvalue weighted by Gasteiger charge is -2.13. The normalized spacial score (nSPS) is 12.6. The Morgan fingerprint density at radius 1 is 1.14 bits per heavy atom. The lowest BCUT2D eigenvalue weighted by Crippen LogP contribution is -2.44. The van der Waals surface area contributed by atoms with Crippen molar-refractivity contribution in [1.29, 1.82) is 0 Å². The van der Waals surface area contributed by atoms with Gasteiger partial charge in [0.2, 0.25) is 15.9 Å². The predicted octanol–water partition coefficient (Wildman–Crippen LogP) is 2.85. The maximum atomic E-state index is 12.7. The number of rotatable bonds is 5. The highest BCUT2D eigenvalue weighted by Gasteiger charge is 2.30. The average molecular weight is 424 g/mol. The molecule has 0 spiro atoms. The third-order valence-electron chi connectivity index (χ3n) is 3.83. The summed E-state index contributed by atoms with van der Waals surface area (Å²) >= 11 is 0. The van der Waals surface area contributed by atoms with Crippen LogP contribution in [-0.4, -0.2) is 26.9 Å². The summed E-state index contributed by atoms with van der Waals surface area (Å²) in [4.78, 5) is 12.1. The Bertz CT molecular complexity index is 1040. The zero-order valence-electron chi connectivity index (χ0n) is 15.7. The third-order valence-corrected chi connectivity index (χ3v) is 5.39. The molecule has 1 atom stereocenters. The fraction of sp³-hybridized carbons (Fsp3) is 0.250. The van der Waals surface area contributed by atoms with Gasteiger partial charge >= 0.3 is 6.18 Å². The minimum absolute atomic E-state index is 0.0343. The molecule has 29 heavy (non-hydrogen) atoms. The molecule has 2 N–H and O–H groups in total. The van der Waals surface area contributed by atoms with Gasteiger partial charge in [-0.3, -0.25) is 4.79 Å². The first-order valence-electron chi connectivity index (χ1n) is 8.52. The predicted molar refractivity (Wildman–Crippen MR) is 102 cm³/mol. The van der Waals surface area contributed by atoms with Crippen LogP contribution >= 0.6 is 0 Å². The van der Waals surface area contributed by atoms with E-state index in [1.54, 1.807) is 12.1 Å². The van der Waals surface area contributed by atoms with E-state index in [4.69, 9.17) is 0 Å². The molecule has 0 saturated heterocycles. The van der Waals surface area contributed by atoms with Crippen molar-refractivity contribution < 1.29 is 26.4 Å². The molecule has 9 heteroatoms. The van der Waals surface area contributed by atoms with E-state index in [-0.39, 0.29) is 17.0 Å². The van der Waals surface area contributed by atoms with E-state index in [2.05, 4.69) is 21.9 Å². The Morgan fingerprint density at radius 3 is 2.41 bits per heavy atom. The zero-order valence-corrected chi connectivity index (χ0v) is 16.5. The number of benzene rings is 2. The maximum Gasteiger partial charge on any atom is 0.416 e. The van der Waals surface area contributed by atoms with Crippen molar-refractivity contribution in [3.63, 3.8) is 0 Å². The van der Waals surface area contributed by atoms with E-state index in [0.717, 1.165) is 17.7 Å². The number of nitrogens with one attached hydrogen (secondary N) is 2. The summed E-state index contributed by atoms with van der Waals surface area (Å²) in [5.74, 6) is 4.46. The van der Waals surface area contributed by atoms with Crippen molar-refractivity contribution in [2.75, 3.05) is 6.54 Å². The molecule has 2 aromatic rings. The molecule has 0 aliphatic heterocycles. The fourth-order valence-corrected chi connectivity index (χ4v) is 3.48. The van der Waals surface area contributed by atoms with Gasteiger partial charge in [-0.05, 0) is 44.2 Å². The molecule has 154 valence electrons. The van der Waals surface area contributed by atoms with E-state index < -0.39 is 33.7 Å². The molecule has 0 aliphatic rings. The van der Waals surface area contributed by atoms with Gasteiger partial charge in [-0.25, -0.2) is 8.42 Å². The quantitative estimate of drug-likeness (QED) is 0.725. The summed E-state index contributed by atoms with van der Waals surface area (Å²) in [7, 11) is -3.87. The van der Waals surface area contributed by atoms with Crippen LogP contribution in [0.15, 0.2) is 53.4 Å². The van der Waals surface area contributed by atoms with Gasteiger partial charge in [0.1, 0.15) is 0 Å². The Hall–Kier alpha value is -2.83. The molecule has 0 unspecified atom stereocenters. The van der Waals surface area contributed by atoms with E-state index in [1.807, 2.05) is 6.92 Å². The summed E-state index contributed by atoms with van der Waals surface area (Å²) in [5.41, 5.74) is 0.240. The van der Waals surface area contributed by atoms with Crippen LogP contribution in [-0.2, 0) is 21.0 Å². The van der Waals surface area contributed by atoms with Crippen molar-refractivity contribution in [2.24, 2.45) is 0 Å². The highest BCUT2D eigenvalue weighted by atomic mass is 32.2. The van der Waals surface area contributed by atoms with E-state index in [0.29, 0.717) is 0 Å². The molecular formula is C20H19F3N2O3S. The second kappa shape index (κ2) is 9.11. The number of hydrogen-bond donors (Lipinski definition) is 2. The third kappa shape index (κ3) is 6.62. The monoisotopic (exact) mass is 424 g/mol. The van der Waals surface area contributed by atoms with Gasteiger partial charge in [0, 0.05) is 5.56 Å². The fourth-order valence-electron chi connectivity index (χ4n) is 2.28. The van der Waals surface area contributed by atoms with Crippen molar-refractivity contribution in [3.8, 4) is 11.8 Å². The number of amides is 1. The summed E-state index contributed by atoms with van der Waals surface area (Å²) in [6, 6.07) is 9.60. The Balaban J connectivity index is 1.93. The SMILES string of the molecule is Cc1ccc(S(=O)(=O)N[C@@H](C)C(=O)NCC#Cc2cccc(C(F)(F)F)c2)cc1. The molecule has 0 aromatic heterocycles. The van der Waals surface area contributed by atoms with Crippen molar-refractivity contribution in [2.45, 2.75) is 31.0 Å². The standard InChI is InChI=1S/C20H19F3N2O3S/c1-14-8-10-18(11-9-14)29(27,28)25-15(2)19(26)24-12-4-6-16-5-3-7-17(13-16)20(21,22)23/h3,5,7-11,13,15,25H,12H2,1-2H3,(H,24,26)/t15-/m0/s1. The molecule has 0 heterocycles. The first-order valence-corrected chi connectivity index (χ1v) is 10.0. The summed E-state index contributed by atoms with van der Waals surface area (Å²) < 4.78 is 64.8. The molecule has 2 aromatic carbocycles. The molecule has 5 nitrogen and oxygen atoms in total. The molecule has 0 bridgehead atoms. The summed E-state index contributed by atoms with van der Waals surface area (Å²) in [5, 5.41) is 2.42. The number of hydrogen-bond acceptors (Lipinski definition) is 3. The summed E-state index contributed by atoms with van der Waals surface area (Å²) in [6.45, 7) is 3.05. The number of aryl methyl sites for hydroxylation is 1. The molecule has 1 amide bonds. The number of alkyl halides is 3. The zero-order chi connectivity index (χ0) is 21.7. The molecule has 0 radical (unpaired) electrons. The largest absolute Gasteiger partial charge is 0.416 e. The van der Waals surface area contributed by atoms with Gasteiger partial charge < -0.3 is 5.32 Å². The van der Waals surface area contributed by atoms with Crippen LogP contribution in [0.4, 0.5) is 13.2 Å². The first-order chi connectivity index (χ1) is 13.5. The summed E-state index contributed by atoms with van der Waals surface area (Å²) in [6.07, 6.45) is -4.46. The Morgan fingerprint density at radius 2 is 1.79 bits per heavy atom. The number of carbonyl (C=O) groups is 1. The molecule has 0 fully saturated rings. The highest BCUT2D eigenvalue weighted by molar-refractivity contribution is 7.89. The van der Waals surface area contributed by atoms with Gasteiger partial charge in [0.15, 0.2) is 0 Å². The van der Waals surface area contributed by atoms with Crippen LogP contribution < -0.4 is 10.0 Å².